The van der Waals surface area contributed by atoms with Crippen LogP contribution in [-0.4, -0.2) is 26.7 Å². The highest BCUT2D eigenvalue weighted by atomic mass is 16.5. The van der Waals surface area contributed by atoms with Crippen molar-refractivity contribution in [1.82, 2.24) is 19.6 Å². The van der Waals surface area contributed by atoms with Crippen LogP contribution in [0.5, 0.6) is 5.75 Å². The largest absolute Gasteiger partial charge is 0.496 e. The third-order valence-electron chi connectivity index (χ3n) is 4.50. The van der Waals surface area contributed by atoms with Crippen molar-refractivity contribution in [2.24, 2.45) is 0 Å². The van der Waals surface area contributed by atoms with Crippen LogP contribution < -0.4 is 4.74 Å². The van der Waals surface area contributed by atoms with Crippen LogP contribution in [0.15, 0.2) is 47.2 Å². The summed E-state index contributed by atoms with van der Waals surface area (Å²) in [5, 5.41) is 4.15. The van der Waals surface area contributed by atoms with Crippen LogP contribution in [0.3, 0.4) is 0 Å². The van der Waals surface area contributed by atoms with Crippen LogP contribution >= 0.6 is 0 Å². The van der Waals surface area contributed by atoms with Crippen LogP contribution in [0.4, 0.5) is 0 Å². The average Bonchev–Trinajstić information content (AvgIpc) is 3.22. The van der Waals surface area contributed by atoms with E-state index in [2.05, 4.69) is 31.7 Å². The molecule has 1 atom stereocenters. The first-order chi connectivity index (χ1) is 11.7. The minimum Gasteiger partial charge on any atom is -0.496 e. The lowest BCUT2D eigenvalue weighted by atomic mass is 10.0. The van der Waals surface area contributed by atoms with Gasteiger partial charge in [0.25, 0.3) is 0 Å². The Kier molecular flexibility index (Phi) is 3.82. The van der Waals surface area contributed by atoms with Crippen LogP contribution in [0, 0.1) is 6.92 Å². The van der Waals surface area contributed by atoms with Crippen LogP contribution in [0.1, 0.15) is 28.9 Å². The number of hydrogen-bond donors (Lipinski definition) is 0. The number of imidazole rings is 1. The highest BCUT2D eigenvalue weighted by Gasteiger charge is 2.30. The van der Waals surface area contributed by atoms with Gasteiger partial charge in [-0.2, -0.15) is 0 Å². The highest BCUT2D eigenvalue weighted by Crippen LogP contribution is 2.35. The maximum atomic E-state index is 5.58. The molecule has 0 spiro atoms. The molecule has 6 nitrogen and oxygen atoms in total. The molecule has 0 fully saturated rings. The van der Waals surface area contributed by atoms with Crippen molar-refractivity contribution in [1.29, 1.82) is 0 Å². The van der Waals surface area contributed by atoms with Gasteiger partial charge in [-0.25, -0.2) is 4.98 Å². The SMILES string of the molecule is COc1ccccc1C1Cn2ccnc2CN1Cc1cc(C)on1. The van der Waals surface area contributed by atoms with Gasteiger partial charge in [0.2, 0.25) is 0 Å². The van der Waals surface area contributed by atoms with Crippen molar-refractivity contribution in [2.45, 2.75) is 32.6 Å². The standard InChI is InChI=1S/C18H20N4O2/c1-13-9-14(20-24-13)10-22-12-18-19-7-8-21(18)11-16(22)15-5-3-4-6-17(15)23-2/h3-9,16H,10-12H2,1-2H3. The second-order valence-corrected chi connectivity index (χ2v) is 6.09. The monoisotopic (exact) mass is 324 g/mol. The molecule has 0 aliphatic carbocycles. The van der Waals surface area contributed by atoms with E-state index in [4.69, 9.17) is 9.26 Å². The lowest BCUT2D eigenvalue weighted by Crippen LogP contribution is -2.36. The van der Waals surface area contributed by atoms with Gasteiger partial charge in [0.15, 0.2) is 0 Å². The first-order valence-corrected chi connectivity index (χ1v) is 8.04. The Morgan fingerprint density at radius 1 is 1.33 bits per heavy atom. The molecule has 0 bridgehead atoms. The van der Waals surface area contributed by atoms with Gasteiger partial charge in [-0.05, 0) is 13.0 Å². The van der Waals surface area contributed by atoms with E-state index >= 15 is 0 Å². The van der Waals surface area contributed by atoms with E-state index in [1.165, 1.54) is 5.56 Å². The Labute approximate surface area is 140 Å². The summed E-state index contributed by atoms with van der Waals surface area (Å²) in [7, 11) is 1.72. The quantitative estimate of drug-likeness (QED) is 0.738. The van der Waals surface area contributed by atoms with E-state index in [1.54, 1.807) is 7.11 Å². The molecule has 1 unspecified atom stereocenters. The van der Waals surface area contributed by atoms with E-state index in [1.807, 2.05) is 37.5 Å². The Bertz CT molecular complexity index is 839. The van der Waals surface area contributed by atoms with Crippen LogP contribution in [-0.2, 0) is 19.6 Å². The van der Waals surface area contributed by atoms with E-state index < -0.39 is 0 Å². The molecule has 0 saturated heterocycles. The number of aromatic nitrogens is 3. The Morgan fingerprint density at radius 2 is 2.21 bits per heavy atom. The fraction of sp³-hybridized carbons (Fsp3) is 0.333. The number of methoxy groups -OCH3 is 1. The van der Waals surface area contributed by atoms with Crippen LogP contribution in [0.2, 0.25) is 0 Å². The number of para-hydroxylation sites is 1. The summed E-state index contributed by atoms with van der Waals surface area (Å²) < 4.78 is 13.0. The van der Waals surface area contributed by atoms with Gasteiger partial charge < -0.3 is 13.8 Å². The molecule has 3 aromatic rings. The highest BCUT2D eigenvalue weighted by molar-refractivity contribution is 5.36. The van der Waals surface area contributed by atoms with Gasteiger partial charge in [-0.1, -0.05) is 23.4 Å². The molecule has 0 radical (unpaired) electrons. The Morgan fingerprint density at radius 3 is 3.00 bits per heavy atom. The van der Waals surface area contributed by atoms with Crippen molar-refractivity contribution in [3.63, 3.8) is 0 Å². The third-order valence-corrected chi connectivity index (χ3v) is 4.50. The van der Waals surface area contributed by atoms with E-state index in [-0.39, 0.29) is 6.04 Å². The minimum absolute atomic E-state index is 0.194. The second kappa shape index (κ2) is 6.13. The van der Waals surface area contributed by atoms with Crippen molar-refractivity contribution in [3.05, 3.63) is 65.6 Å². The Balaban J connectivity index is 1.70. The van der Waals surface area contributed by atoms with Gasteiger partial charge >= 0.3 is 0 Å². The summed E-state index contributed by atoms with van der Waals surface area (Å²) in [5.41, 5.74) is 2.12. The maximum Gasteiger partial charge on any atom is 0.133 e. The van der Waals surface area contributed by atoms with Gasteiger partial charge in [-0.3, -0.25) is 4.90 Å². The average molecular weight is 324 g/mol. The summed E-state index contributed by atoms with van der Waals surface area (Å²) in [6.07, 6.45) is 3.90. The second-order valence-electron chi connectivity index (χ2n) is 6.09. The van der Waals surface area contributed by atoms with Crippen molar-refractivity contribution in [3.8, 4) is 5.75 Å². The number of aryl methyl sites for hydroxylation is 1. The number of fused-ring (bicyclic) bond motifs is 1. The molecule has 0 amide bonds. The summed E-state index contributed by atoms with van der Waals surface area (Å²) in [5.74, 6) is 2.81. The molecular weight excluding hydrogens is 304 g/mol. The fourth-order valence-corrected chi connectivity index (χ4v) is 3.35. The number of nitrogens with zero attached hydrogens (tertiary/aromatic N) is 4. The smallest absolute Gasteiger partial charge is 0.133 e. The zero-order valence-electron chi connectivity index (χ0n) is 13.8. The molecule has 0 N–H and O–H groups in total. The maximum absolute atomic E-state index is 5.58. The van der Waals surface area contributed by atoms with Gasteiger partial charge in [0, 0.05) is 37.1 Å². The molecule has 0 saturated carbocycles. The van der Waals surface area contributed by atoms with Crippen LogP contribution in [0.25, 0.3) is 0 Å². The molecule has 4 rings (SSSR count). The normalized spacial score (nSPS) is 17.7. The molecule has 124 valence electrons. The van der Waals surface area contributed by atoms with Gasteiger partial charge in [0.1, 0.15) is 17.3 Å². The van der Waals surface area contributed by atoms with E-state index in [0.29, 0.717) is 6.54 Å². The third kappa shape index (κ3) is 2.69. The molecule has 1 aromatic carbocycles. The molecular formula is C18H20N4O2. The van der Waals surface area contributed by atoms with Crippen molar-refractivity contribution >= 4 is 0 Å². The summed E-state index contributed by atoms with van der Waals surface area (Å²) in [6, 6.07) is 10.4. The predicted octanol–water partition coefficient (Wildman–Crippen LogP) is 2.95. The summed E-state index contributed by atoms with van der Waals surface area (Å²) in [4.78, 5) is 6.84. The minimum atomic E-state index is 0.194. The Hall–Kier alpha value is -2.60. The topological polar surface area (TPSA) is 56.3 Å². The molecule has 1 aliphatic rings. The van der Waals surface area contributed by atoms with Gasteiger partial charge in [0.05, 0.1) is 25.4 Å². The molecule has 2 aromatic heterocycles. The van der Waals surface area contributed by atoms with E-state index in [9.17, 15) is 0 Å². The first-order valence-electron chi connectivity index (χ1n) is 8.04. The zero-order chi connectivity index (χ0) is 16.5. The summed E-state index contributed by atoms with van der Waals surface area (Å²) >= 11 is 0. The first kappa shape index (κ1) is 15.0. The van der Waals surface area contributed by atoms with Gasteiger partial charge in [-0.15, -0.1) is 0 Å². The molecule has 3 heterocycles. The number of benzene rings is 1. The zero-order valence-corrected chi connectivity index (χ0v) is 13.8. The van der Waals surface area contributed by atoms with E-state index in [0.717, 1.165) is 36.1 Å². The number of hydrogen-bond acceptors (Lipinski definition) is 5. The molecule has 24 heavy (non-hydrogen) atoms. The van der Waals surface area contributed by atoms with Crippen molar-refractivity contribution in [2.75, 3.05) is 7.11 Å². The lowest BCUT2D eigenvalue weighted by Gasteiger charge is -2.36. The van der Waals surface area contributed by atoms with Crippen molar-refractivity contribution < 1.29 is 9.26 Å². The summed E-state index contributed by atoms with van der Waals surface area (Å²) in [6.45, 7) is 4.23. The number of ether oxygens (including phenoxy) is 1. The molecule has 6 heteroatoms. The molecule has 1 aliphatic heterocycles. The predicted molar refractivity (Wildman–Crippen MR) is 88.4 cm³/mol. The number of rotatable bonds is 4. The lowest BCUT2D eigenvalue weighted by molar-refractivity contribution is 0.122. The fourth-order valence-electron chi connectivity index (χ4n) is 3.35.